The van der Waals surface area contributed by atoms with E-state index in [1.54, 1.807) is 18.3 Å². The molecule has 1 amide bonds. The molecular weight excluding hydrogens is 298 g/mol. The summed E-state index contributed by atoms with van der Waals surface area (Å²) in [7, 11) is 0. The average molecular weight is 316 g/mol. The molecule has 2 aromatic rings. The number of nitrogens with zero attached hydrogens (tertiary/aromatic N) is 2. The zero-order valence-corrected chi connectivity index (χ0v) is 13.2. The Morgan fingerprint density at radius 2 is 2.05 bits per heavy atom. The molecule has 0 aliphatic carbocycles. The lowest BCUT2D eigenvalue weighted by Gasteiger charge is -2.19. The number of hydrogen-bond donors (Lipinski definition) is 1. The molecule has 114 valence electrons. The van der Waals surface area contributed by atoms with Crippen LogP contribution in [0.2, 0.25) is 5.15 Å². The van der Waals surface area contributed by atoms with Crippen LogP contribution in [0.5, 0.6) is 0 Å². The van der Waals surface area contributed by atoms with E-state index in [1.165, 1.54) is 18.5 Å². The normalized spacial score (nSPS) is 14.2. The molecular formula is C17H18ClN3O. The number of pyridine rings is 1. The second-order valence-corrected chi connectivity index (χ2v) is 5.85. The van der Waals surface area contributed by atoms with Crippen molar-refractivity contribution in [2.24, 2.45) is 0 Å². The van der Waals surface area contributed by atoms with E-state index in [2.05, 4.69) is 27.3 Å². The van der Waals surface area contributed by atoms with Gasteiger partial charge in [0.1, 0.15) is 5.15 Å². The van der Waals surface area contributed by atoms with Gasteiger partial charge in [-0.05, 0) is 55.7 Å². The van der Waals surface area contributed by atoms with Crippen LogP contribution >= 0.6 is 11.6 Å². The Hall–Kier alpha value is -2.07. The van der Waals surface area contributed by atoms with Gasteiger partial charge in [0, 0.05) is 30.7 Å². The van der Waals surface area contributed by atoms with Crippen molar-refractivity contribution in [3.8, 4) is 0 Å². The van der Waals surface area contributed by atoms with Crippen LogP contribution in [0.15, 0.2) is 36.5 Å². The minimum atomic E-state index is -0.241. The summed E-state index contributed by atoms with van der Waals surface area (Å²) in [5, 5.41) is 3.12. The molecule has 1 aliphatic rings. The Morgan fingerprint density at radius 3 is 2.73 bits per heavy atom. The van der Waals surface area contributed by atoms with Gasteiger partial charge in [-0.1, -0.05) is 11.6 Å². The fraction of sp³-hybridized carbons (Fsp3) is 0.294. The Bertz CT molecular complexity index is 696. The maximum absolute atomic E-state index is 12.3. The van der Waals surface area contributed by atoms with Gasteiger partial charge in [0.25, 0.3) is 5.91 Å². The highest BCUT2D eigenvalue weighted by molar-refractivity contribution is 6.33. The third-order valence-corrected chi connectivity index (χ3v) is 4.23. The van der Waals surface area contributed by atoms with E-state index in [1.807, 2.05) is 13.0 Å². The monoisotopic (exact) mass is 315 g/mol. The number of nitrogens with one attached hydrogen (secondary N) is 1. The van der Waals surface area contributed by atoms with E-state index in [-0.39, 0.29) is 11.1 Å². The maximum atomic E-state index is 12.3. The van der Waals surface area contributed by atoms with Crippen LogP contribution in [0.4, 0.5) is 11.4 Å². The van der Waals surface area contributed by atoms with Crippen LogP contribution in [0, 0.1) is 6.92 Å². The van der Waals surface area contributed by atoms with Crippen molar-refractivity contribution in [2.45, 2.75) is 19.8 Å². The number of rotatable bonds is 3. The van der Waals surface area contributed by atoms with Crippen molar-refractivity contribution in [1.82, 2.24) is 4.98 Å². The number of carbonyl (C=O) groups is 1. The van der Waals surface area contributed by atoms with Crippen LogP contribution in [0.1, 0.15) is 28.8 Å². The molecule has 3 rings (SSSR count). The number of halogens is 1. The van der Waals surface area contributed by atoms with Crippen LogP contribution in [-0.4, -0.2) is 24.0 Å². The molecule has 2 heterocycles. The van der Waals surface area contributed by atoms with Crippen LogP contribution in [-0.2, 0) is 0 Å². The molecule has 0 unspecified atom stereocenters. The van der Waals surface area contributed by atoms with Gasteiger partial charge in [0.05, 0.1) is 5.56 Å². The first-order valence-electron chi connectivity index (χ1n) is 7.42. The number of amides is 1. The van der Waals surface area contributed by atoms with Crippen molar-refractivity contribution in [3.05, 3.63) is 52.8 Å². The van der Waals surface area contributed by atoms with Gasteiger partial charge in [0.2, 0.25) is 0 Å². The molecule has 1 fully saturated rings. The van der Waals surface area contributed by atoms with Gasteiger partial charge in [-0.2, -0.15) is 0 Å². The third-order valence-electron chi connectivity index (χ3n) is 3.93. The van der Waals surface area contributed by atoms with Gasteiger partial charge in [-0.3, -0.25) is 4.79 Å². The standard InChI is InChI=1S/C17H18ClN3O/c1-12-11-13(21-9-2-3-10-21)6-7-15(12)20-17(22)14-5-4-8-19-16(14)18/h4-8,11H,2-3,9-10H2,1H3,(H,20,22). The molecule has 1 aromatic heterocycles. The summed E-state index contributed by atoms with van der Waals surface area (Å²) in [5.41, 5.74) is 3.44. The van der Waals surface area contributed by atoms with E-state index in [0.717, 1.165) is 24.3 Å². The number of aromatic nitrogens is 1. The van der Waals surface area contributed by atoms with Crippen molar-refractivity contribution >= 4 is 28.9 Å². The lowest BCUT2D eigenvalue weighted by Crippen LogP contribution is -2.18. The second kappa shape index (κ2) is 6.36. The molecule has 22 heavy (non-hydrogen) atoms. The van der Waals surface area contributed by atoms with Crippen LogP contribution in [0.3, 0.4) is 0 Å². The SMILES string of the molecule is Cc1cc(N2CCCC2)ccc1NC(=O)c1cccnc1Cl. The van der Waals surface area contributed by atoms with Crippen molar-refractivity contribution in [2.75, 3.05) is 23.3 Å². The summed E-state index contributed by atoms with van der Waals surface area (Å²) >= 11 is 5.96. The molecule has 0 atom stereocenters. The molecule has 0 radical (unpaired) electrons. The van der Waals surface area contributed by atoms with Crippen molar-refractivity contribution < 1.29 is 4.79 Å². The molecule has 4 nitrogen and oxygen atoms in total. The fourth-order valence-corrected chi connectivity index (χ4v) is 2.91. The van der Waals surface area contributed by atoms with E-state index < -0.39 is 0 Å². The molecule has 1 aromatic carbocycles. The fourth-order valence-electron chi connectivity index (χ4n) is 2.71. The first-order chi connectivity index (χ1) is 10.6. The van der Waals surface area contributed by atoms with E-state index in [4.69, 9.17) is 11.6 Å². The number of aryl methyl sites for hydroxylation is 1. The summed E-state index contributed by atoms with van der Waals surface area (Å²) in [6, 6.07) is 9.48. The average Bonchev–Trinajstić information content (AvgIpc) is 3.04. The molecule has 0 saturated carbocycles. The molecule has 1 saturated heterocycles. The van der Waals surface area contributed by atoms with E-state index in [9.17, 15) is 4.79 Å². The number of anilines is 2. The van der Waals surface area contributed by atoms with E-state index >= 15 is 0 Å². The van der Waals surface area contributed by atoms with Gasteiger partial charge in [0.15, 0.2) is 0 Å². The van der Waals surface area contributed by atoms with Gasteiger partial charge in [-0.25, -0.2) is 4.98 Å². The molecule has 0 bridgehead atoms. The smallest absolute Gasteiger partial charge is 0.258 e. The lowest BCUT2D eigenvalue weighted by atomic mass is 10.1. The summed E-state index contributed by atoms with van der Waals surface area (Å²) in [4.78, 5) is 18.6. The third kappa shape index (κ3) is 3.07. The minimum Gasteiger partial charge on any atom is -0.372 e. The number of carbonyl (C=O) groups excluding carboxylic acids is 1. The predicted molar refractivity (Wildman–Crippen MR) is 89.8 cm³/mol. The van der Waals surface area contributed by atoms with Gasteiger partial charge < -0.3 is 10.2 Å². The Morgan fingerprint density at radius 1 is 1.27 bits per heavy atom. The molecule has 1 aliphatic heterocycles. The second-order valence-electron chi connectivity index (χ2n) is 5.49. The Kier molecular flexibility index (Phi) is 4.29. The number of benzene rings is 1. The predicted octanol–water partition coefficient (Wildman–Crippen LogP) is 3.90. The topological polar surface area (TPSA) is 45.2 Å². The number of hydrogen-bond acceptors (Lipinski definition) is 3. The Balaban J connectivity index is 1.78. The van der Waals surface area contributed by atoms with Crippen molar-refractivity contribution in [1.29, 1.82) is 0 Å². The Labute approximate surface area is 135 Å². The first-order valence-corrected chi connectivity index (χ1v) is 7.80. The van der Waals surface area contributed by atoms with Crippen molar-refractivity contribution in [3.63, 3.8) is 0 Å². The van der Waals surface area contributed by atoms with Gasteiger partial charge in [-0.15, -0.1) is 0 Å². The maximum Gasteiger partial charge on any atom is 0.258 e. The minimum absolute atomic E-state index is 0.214. The first kappa shape index (κ1) is 14.9. The van der Waals surface area contributed by atoms with Crippen LogP contribution in [0.25, 0.3) is 0 Å². The zero-order valence-electron chi connectivity index (χ0n) is 12.5. The molecule has 5 heteroatoms. The quantitative estimate of drug-likeness (QED) is 0.874. The highest BCUT2D eigenvalue weighted by Gasteiger charge is 2.15. The largest absolute Gasteiger partial charge is 0.372 e. The summed E-state index contributed by atoms with van der Waals surface area (Å²) in [5.74, 6) is -0.241. The van der Waals surface area contributed by atoms with Crippen LogP contribution < -0.4 is 10.2 Å². The lowest BCUT2D eigenvalue weighted by molar-refractivity contribution is 0.102. The summed E-state index contributed by atoms with van der Waals surface area (Å²) in [6.07, 6.45) is 4.06. The molecule has 1 N–H and O–H groups in total. The zero-order chi connectivity index (χ0) is 15.5. The van der Waals surface area contributed by atoms with E-state index in [0.29, 0.717) is 5.56 Å². The highest BCUT2D eigenvalue weighted by atomic mass is 35.5. The van der Waals surface area contributed by atoms with Gasteiger partial charge >= 0.3 is 0 Å². The summed E-state index contributed by atoms with van der Waals surface area (Å²) in [6.45, 7) is 4.22. The summed E-state index contributed by atoms with van der Waals surface area (Å²) < 4.78 is 0. The molecule has 0 spiro atoms. The highest BCUT2D eigenvalue weighted by Crippen LogP contribution is 2.26.